The van der Waals surface area contributed by atoms with Crippen molar-refractivity contribution in [2.45, 2.75) is 6.92 Å². The first kappa shape index (κ1) is 17.7. The van der Waals surface area contributed by atoms with Crippen molar-refractivity contribution in [2.24, 2.45) is 0 Å². The molecule has 122 valence electrons. The maximum Gasteiger partial charge on any atom is 0.266 e. The van der Waals surface area contributed by atoms with Crippen molar-refractivity contribution in [3.05, 3.63) is 40.8 Å². The Kier molecular flexibility index (Phi) is 6.32. The highest BCUT2D eigenvalue weighted by molar-refractivity contribution is 8.26. The molecule has 0 saturated carbocycles. The first-order valence-corrected chi connectivity index (χ1v) is 8.48. The van der Waals surface area contributed by atoms with Crippen LogP contribution in [0.3, 0.4) is 0 Å². The zero-order valence-corrected chi connectivity index (χ0v) is 14.4. The van der Waals surface area contributed by atoms with Gasteiger partial charge in [0, 0.05) is 13.1 Å². The van der Waals surface area contributed by atoms with E-state index in [0.717, 1.165) is 5.56 Å². The third kappa shape index (κ3) is 4.40. The quantitative estimate of drug-likeness (QED) is 0.625. The summed E-state index contributed by atoms with van der Waals surface area (Å²) < 4.78 is 0.380. The number of hydrogen-bond acceptors (Lipinski definition) is 5. The first-order chi connectivity index (χ1) is 11.1. The zero-order chi connectivity index (χ0) is 16.8. The van der Waals surface area contributed by atoms with Crippen LogP contribution in [0.5, 0.6) is 0 Å². The fourth-order valence-electron chi connectivity index (χ4n) is 2.15. The van der Waals surface area contributed by atoms with E-state index < -0.39 is 0 Å². The second-order valence-electron chi connectivity index (χ2n) is 4.88. The fourth-order valence-corrected chi connectivity index (χ4v) is 3.41. The molecule has 1 fully saturated rings. The monoisotopic (exact) mass is 350 g/mol. The predicted molar refractivity (Wildman–Crippen MR) is 95.7 cm³/mol. The molecule has 1 aliphatic heterocycles. The van der Waals surface area contributed by atoms with Gasteiger partial charge in [0.1, 0.15) is 10.9 Å². The Labute approximate surface area is 145 Å². The second-order valence-corrected chi connectivity index (χ2v) is 6.55. The van der Waals surface area contributed by atoms with Gasteiger partial charge in [-0.3, -0.25) is 14.5 Å². The van der Waals surface area contributed by atoms with E-state index in [-0.39, 0.29) is 31.5 Å². The summed E-state index contributed by atoms with van der Waals surface area (Å²) in [6.45, 7) is 2.36. The van der Waals surface area contributed by atoms with Gasteiger partial charge in [-0.25, -0.2) is 0 Å². The van der Waals surface area contributed by atoms with Crippen LogP contribution in [0.2, 0.25) is 0 Å². The Morgan fingerprint density at radius 1 is 1.39 bits per heavy atom. The number of aliphatic hydroxyl groups excluding tert-OH is 1. The van der Waals surface area contributed by atoms with Crippen LogP contribution >= 0.6 is 24.0 Å². The third-order valence-electron chi connectivity index (χ3n) is 3.37. The summed E-state index contributed by atoms with van der Waals surface area (Å²) in [7, 11) is 0. The molecular formula is C16H18N2O3S2. The van der Waals surface area contributed by atoms with Crippen LogP contribution in [0.4, 0.5) is 0 Å². The summed E-state index contributed by atoms with van der Waals surface area (Å²) in [6.07, 6.45) is 1.77. The number of nitrogens with zero attached hydrogens (tertiary/aromatic N) is 2. The van der Waals surface area contributed by atoms with Crippen molar-refractivity contribution in [1.82, 2.24) is 9.80 Å². The number of likely N-dealkylation sites (N-methyl/N-ethyl adjacent to an activating group) is 1. The molecule has 23 heavy (non-hydrogen) atoms. The Balaban J connectivity index is 2.10. The Morgan fingerprint density at radius 3 is 2.70 bits per heavy atom. The molecular weight excluding hydrogens is 332 g/mol. The van der Waals surface area contributed by atoms with Crippen molar-refractivity contribution in [2.75, 3.05) is 26.2 Å². The van der Waals surface area contributed by atoms with Crippen LogP contribution in [0.15, 0.2) is 35.2 Å². The minimum Gasteiger partial charge on any atom is -0.395 e. The first-order valence-electron chi connectivity index (χ1n) is 7.26. The van der Waals surface area contributed by atoms with Crippen LogP contribution in [0.25, 0.3) is 6.08 Å². The molecule has 2 amide bonds. The number of carbonyl (C=O) groups is 2. The second kappa shape index (κ2) is 8.24. The molecule has 0 bridgehead atoms. The van der Waals surface area contributed by atoms with Crippen LogP contribution in [0, 0.1) is 0 Å². The normalized spacial score (nSPS) is 16.3. The molecule has 0 spiro atoms. The highest BCUT2D eigenvalue weighted by atomic mass is 32.2. The molecule has 0 aliphatic carbocycles. The molecule has 5 nitrogen and oxygen atoms in total. The van der Waals surface area contributed by atoms with Gasteiger partial charge < -0.3 is 10.0 Å². The van der Waals surface area contributed by atoms with Crippen molar-refractivity contribution in [3.8, 4) is 0 Å². The van der Waals surface area contributed by atoms with E-state index in [2.05, 4.69) is 0 Å². The number of aliphatic hydroxyl groups is 1. The minimum atomic E-state index is -0.253. The van der Waals surface area contributed by atoms with E-state index in [1.54, 1.807) is 6.08 Å². The Bertz CT molecular complexity index is 631. The minimum absolute atomic E-state index is 0.0926. The number of rotatable bonds is 6. The molecule has 7 heteroatoms. The number of thiocarbonyl (C=S) groups is 1. The Morgan fingerprint density at radius 2 is 2.09 bits per heavy atom. The van der Waals surface area contributed by atoms with Gasteiger partial charge in [-0.15, -0.1) is 0 Å². The van der Waals surface area contributed by atoms with Gasteiger partial charge in [-0.2, -0.15) is 0 Å². The molecule has 2 rings (SSSR count). The SMILES string of the molecule is CCN(CCO)C(=O)CN1C(=O)C(=Cc2ccccc2)SC1=S. The maximum atomic E-state index is 12.5. The Hall–Kier alpha value is -1.70. The average molecular weight is 350 g/mol. The van der Waals surface area contributed by atoms with Gasteiger partial charge in [0.25, 0.3) is 5.91 Å². The molecule has 1 aromatic rings. The number of thioether (sulfide) groups is 1. The van der Waals surface area contributed by atoms with E-state index in [1.807, 2.05) is 37.3 Å². The standard InChI is InChI=1S/C16H18N2O3S2/c1-2-17(8-9-19)14(20)11-18-15(21)13(23-16(18)22)10-12-6-4-3-5-7-12/h3-7,10,19H,2,8-9,11H2,1H3. The smallest absolute Gasteiger partial charge is 0.266 e. The lowest BCUT2D eigenvalue weighted by molar-refractivity contribution is -0.135. The van der Waals surface area contributed by atoms with E-state index in [1.165, 1.54) is 21.6 Å². The molecule has 1 saturated heterocycles. The van der Waals surface area contributed by atoms with E-state index in [0.29, 0.717) is 15.8 Å². The van der Waals surface area contributed by atoms with Gasteiger partial charge in [0.15, 0.2) is 0 Å². The molecule has 1 aliphatic rings. The summed E-state index contributed by atoms with van der Waals surface area (Å²) in [5, 5.41) is 8.97. The molecule has 1 N–H and O–H groups in total. The van der Waals surface area contributed by atoms with Gasteiger partial charge >= 0.3 is 0 Å². The predicted octanol–water partition coefficient (Wildman–Crippen LogP) is 1.73. The number of hydrogen-bond donors (Lipinski definition) is 1. The molecule has 1 aromatic carbocycles. The summed E-state index contributed by atoms with van der Waals surface area (Å²) >= 11 is 6.42. The van der Waals surface area contributed by atoms with Crippen molar-refractivity contribution in [1.29, 1.82) is 0 Å². The van der Waals surface area contributed by atoms with E-state index in [4.69, 9.17) is 17.3 Å². The molecule has 0 aromatic heterocycles. The maximum absolute atomic E-state index is 12.5. The van der Waals surface area contributed by atoms with Crippen LogP contribution < -0.4 is 0 Å². The average Bonchev–Trinajstić information content (AvgIpc) is 2.81. The van der Waals surface area contributed by atoms with Gasteiger partial charge in [0.2, 0.25) is 5.91 Å². The molecule has 0 atom stereocenters. The topological polar surface area (TPSA) is 60.9 Å². The summed E-state index contributed by atoms with van der Waals surface area (Å²) in [4.78, 5) is 28.0. The van der Waals surface area contributed by atoms with Crippen molar-refractivity contribution in [3.63, 3.8) is 0 Å². The fraction of sp³-hybridized carbons (Fsp3) is 0.312. The zero-order valence-electron chi connectivity index (χ0n) is 12.8. The summed E-state index contributed by atoms with van der Waals surface area (Å²) in [5.41, 5.74) is 0.912. The summed E-state index contributed by atoms with van der Waals surface area (Å²) in [6, 6.07) is 9.49. The number of benzene rings is 1. The lowest BCUT2D eigenvalue weighted by Crippen LogP contribution is -2.43. The van der Waals surface area contributed by atoms with E-state index in [9.17, 15) is 9.59 Å². The molecule has 1 heterocycles. The summed E-state index contributed by atoms with van der Waals surface area (Å²) in [5.74, 6) is -0.476. The number of amides is 2. The van der Waals surface area contributed by atoms with Crippen LogP contribution in [-0.4, -0.2) is 57.3 Å². The van der Waals surface area contributed by atoms with Gasteiger partial charge in [-0.05, 0) is 18.6 Å². The van der Waals surface area contributed by atoms with Gasteiger partial charge in [-0.1, -0.05) is 54.3 Å². The molecule has 0 unspecified atom stereocenters. The third-order valence-corrected chi connectivity index (χ3v) is 4.75. The van der Waals surface area contributed by atoms with Gasteiger partial charge in [0.05, 0.1) is 11.5 Å². The van der Waals surface area contributed by atoms with Crippen molar-refractivity contribution >= 4 is 46.2 Å². The highest BCUT2D eigenvalue weighted by Gasteiger charge is 2.34. The van der Waals surface area contributed by atoms with Crippen LogP contribution in [0.1, 0.15) is 12.5 Å². The molecule has 0 radical (unpaired) electrons. The largest absolute Gasteiger partial charge is 0.395 e. The lowest BCUT2D eigenvalue weighted by Gasteiger charge is -2.22. The lowest BCUT2D eigenvalue weighted by atomic mass is 10.2. The number of carbonyl (C=O) groups excluding carboxylic acids is 2. The van der Waals surface area contributed by atoms with Crippen LogP contribution in [-0.2, 0) is 9.59 Å². The van der Waals surface area contributed by atoms with Crippen molar-refractivity contribution < 1.29 is 14.7 Å². The van der Waals surface area contributed by atoms with E-state index >= 15 is 0 Å². The highest BCUT2D eigenvalue weighted by Crippen LogP contribution is 2.32.